The van der Waals surface area contributed by atoms with E-state index in [-0.39, 0.29) is 12.4 Å². The number of piperidine rings is 1. The van der Waals surface area contributed by atoms with Crippen LogP contribution in [0.5, 0.6) is 5.75 Å². The molecule has 3 rings (SSSR count). The molecule has 2 saturated heterocycles. The zero-order valence-corrected chi connectivity index (χ0v) is 17.0. The highest BCUT2D eigenvalue weighted by Gasteiger charge is 2.52. The van der Waals surface area contributed by atoms with Crippen molar-refractivity contribution in [3.05, 3.63) is 23.8 Å². The Hall–Kier alpha value is -1.25. The summed E-state index contributed by atoms with van der Waals surface area (Å²) in [5, 5.41) is 3.28. The molecule has 0 aliphatic carbocycles. The second kappa shape index (κ2) is 7.88. The summed E-state index contributed by atoms with van der Waals surface area (Å²) in [6, 6.07) is 4.06. The van der Waals surface area contributed by atoms with Crippen LogP contribution in [0.3, 0.4) is 0 Å². The third-order valence-corrected chi connectivity index (χ3v) is 6.08. The molecule has 1 aromatic rings. The molecule has 156 valence electrons. The number of ether oxygens (including phenoxy) is 1. The lowest BCUT2D eigenvalue weighted by molar-refractivity contribution is -0.138. The number of alkyl halides is 3. The first-order valence-corrected chi connectivity index (χ1v) is 9.90. The quantitative estimate of drug-likeness (QED) is 0.766. The van der Waals surface area contributed by atoms with Crippen molar-refractivity contribution in [1.29, 1.82) is 0 Å². The molecule has 0 aromatic heterocycles. The van der Waals surface area contributed by atoms with Crippen LogP contribution < -0.4 is 15.5 Å². The minimum atomic E-state index is -4.51. The molecule has 0 radical (unpaired) electrons. The highest BCUT2D eigenvalue weighted by molar-refractivity contribution is 6.62. The molecule has 2 aliphatic heterocycles. The van der Waals surface area contributed by atoms with Crippen LogP contribution in [-0.4, -0.2) is 38.0 Å². The molecule has 0 unspecified atom stereocenters. The largest absolute Gasteiger partial charge is 0.494 e. The highest BCUT2D eigenvalue weighted by Crippen LogP contribution is 2.39. The van der Waals surface area contributed by atoms with Gasteiger partial charge in [-0.3, -0.25) is 0 Å². The average molecular weight is 399 g/mol. The molecule has 0 amide bonds. The van der Waals surface area contributed by atoms with Gasteiger partial charge in [-0.15, -0.1) is 0 Å². The molecule has 0 atom stereocenters. The number of nitrogens with one attached hydrogen (secondary N) is 1. The predicted molar refractivity (Wildman–Crippen MR) is 103 cm³/mol. The van der Waals surface area contributed by atoms with Gasteiger partial charge >= 0.3 is 13.3 Å². The van der Waals surface area contributed by atoms with Crippen molar-refractivity contribution in [3.63, 3.8) is 0 Å². The molecule has 0 spiro atoms. The van der Waals surface area contributed by atoms with Crippen LogP contribution in [0.25, 0.3) is 0 Å². The van der Waals surface area contributed by atoms with Gasteiger partial charge in [0.05, 0.1) is 23.4 Å². The first kappa shape index (κ1) is 21.5. The molecule has 1 aromatic carbocycles. The Morgan fingerprint density at radius 3 is 2.29 bits per heavy atom. The van der Waals surface area contributed by atoms with E-state index >= 15 is 0 Å². The first-order valence-electron chi connectivity index (χ1n) is 9.90. The highest BCUT2D eigenvalue weighted by atomic mass is 19.4. The standard InChI is InChI=1S/C20H29BF3NO3/c1-18(2)19(3,4)28-21(27-18)15-5-6-17(16(13-15)20(22,23)24)26-12-9-14-7-10-25-11-8-14/h5-6,13-14,25H,7-12H2,1-4H3. The normalized spacial score (nSPS) is 22.5. The minimum absolute atomic E-state index is 0.137. The average Bonchev–Trinajstić information content (AvgIpc) is 2.83. The van der Waals surface area contributed by atoms with E-state index in [0.29, 0.717) is 11.4 Å². The zero-order valence-electron chi connectivity index (χ0n) is 17.0. The lowest BCUT2D eigenvalue weighted by atomic mass is 9.78. The Kier molecular flexibility index (Phi) is 6.04. The minimum Gasteiger partial charge on any atom is -0.493 e. The molecule has 0 saturated carbocycles. The lowest BCUT2D eigenvalue weighted by Crippen LogP contribution is -2.41. The third kappa shape index (κ3) is 4.66. The number of hydrogen-bond donors (Lipinski definition) is 1. The van der Waals surface area contributed by atoms with E-state index in [1.165, 1.54) is 6.07 Å². The summed E-state index contributed by atoms with van der Waals surface area (Å²) in [6.45, 7) is 9.68. The van der Waals surface area contributed by atoms with Crippen LogP contribution in [0.2, 0.25) is 0 Å². The Morgan fingerprint density at radius 1 is 1.11 bits per heavy atom. The maximum Gasteiger partial charge on any atom is 0.494 e. The SMILES string of the molecule is CC1(C)OB(c2ccc(OCCC3CCNCC3)c(C(F)(F)F)c2)OC1(C)C. The van der Waals surface area contributed by atoms with Gasteiger partial charge in [0.1, 0.15) is 5.75 Å². The molecule has 2 aliphatic rings. The van der Waals surface area contributed by atoms with Gasteiger partial charge < -0.3 is 19.4 Å². The maximum atomic E-state index is 13.6. The summed E-state index contributed by atoms with van der Waals surface area (Å²) in [5.41, 5.74) is -1.66. The monoisotopic (exact) mass is 399 g/mol. The van der Waals surface area contributed by atoms with Crippen molar-refractivity contribution < 1.29 is 27.2 Å². The topological polar surface area (TPSA) is 39.7 Å². The summed E-state index contributed by atoms with van der Waals surface area (Å²) < 4.78 is 58.2. The Morgan fingerprint density at radius 2 is 1.71 bits per heavy atom. The van der Waals surface area contributed by atoms with E-state index in [1.54, 1.807) is 6.07 Å². The van der Waals surface area contributed by atoms with Crippen LogP contribution >= 0.6 is 0 Å². The van der Waals surface area contributed by atoms with Crippen molar-refractivity contribution in [1.82, 2.24) is 5.32 Å². The number of benzene rings is 1. The van der Waals surface area contributed by atoms with Crippen molar-refractivity contribution >= 4 is 12.6 Å². The number of halogens is 3. The summed E-state index contributed by atoms with van der Waals surface area (Å²) in [5.74, 6) is 0.362. The van der Waals surface area contributed by atoms with Gasteiger partial charge in [-0.2, -0.15) is 13.2 Å². The summed E-state index contributed by atoms with van der Waals surface area (Å²) in [4.78, 5) is 0. The second-order valence-corrected chi connectivity index (χ2v) is 8.67. The van der Waals surface area contributed by atoms with Gasteiger partial charge in [0.2, 0.25) is 0 Å². The van der Waals surface area contributed by atoms with Crippen molar-refractivity contribution in [2.24, 2.45) is 5.92 Å². The van der Waals surface area contributed by atoms with E-state index in [9.17, 15) is 13.2 Å². The van der Waals surface area contributed by atoms with Gasteiger partial charge in [-0.1, -0.05) is 6.07 Å². The Balaban J connectivity index is 1.73. The van der Waals surface area contributed by atoms with Crippen LogP contribution in [0.15, 0.2) is 18.2 Å². The second-order valence-electron chi connectivity index (χ2n) is 8.67. The van der Waals surface area contributed by atoms with Crippen LogP contribution in [0.4, 0.5) is 13.2 Å². The van der Waals surface area contributed by atoms with Gasteiger partial charge in [0.25, 0.3) is 0 Å². The van der Waals surface area contributed by atoms with Gasteiger partial charge in [0, 0.05) is 0 Å². The third-order valence-electron chi connectivity index (χ3n) is 6.08. The van der Waals surface area contributed by atoms with E-state index in [0.717, 1.165) is 38.4 Å². The van der Waals surface area contributed by atoms with E-state index < -0.39 is 30.1 Å². The first-order chi connectivity index (χ1) is 13.0. The number of hydrogen-bond acceptors (Lipinski definition) is 4. The summed E-state index contributed by atoms with van der Waals surface area (Å²) in [6.07, 6.45) is -1.67. The van der Waals surface area contributed by atoms with E-state index in [4.69, 9.17) is 14.0 Å². The maximum absolute atomic E-state index is 13.6. The molecule has 0 bridgehead atoms. The predicted octanol–water partition coefficient (Wildman–Crippen LogP) is 3.77. The molecule has 28 heavy (non-hydrogen) atoms. The molecule has 4 nitrogen and oxygen atoms in total. The van der Waals surface area contributed by atoms with Crippen LogP contribution in [-0.2, 0) is 15.5 Å². The van der Waals surface area contributed by atoms with Crippen molar-refractivity contribution in [3.8, 4) is 5.75 Å². The van der Waals surface area contributed by atoms with Gasteiger partial charge in [-0.05, 0) is 83.6 Å². The zero-order chi connectivity index (χ0) is 20.6. The fourth-order valence-corrected chi connectivity index (χ4v) is 3.53. The Labute approximate surface area is 165 Å². The molecule has 2 fully saturated rings. The molecule has 8 heteroatoms. The van der Waals surface area contributed by atoms with Crippen LogP contribution in [0.1, 0.15) is 52.5 Å². The van der Waals surface area contributed by atoms with E-state index in [1.807, 2.05) is 27.7 Å². The van der Waals surface area contributed by atoms with Crippen LogP contribution in [0, 0.1) is 5.92 Å². The Bertz CT molecular complexity index is 672. The molecule has 2 heterocycles. The van der Waals surface area contributed by atoms with Gasteiger partial charge in [0.15, 0.2) is 0 Å². The molecular formula is C20H29BF3NO3. The number of rotatable bonds is 5. The van der Waals surface area contributed by atoms with Crippen molar-refractivity contribution in [2.75, 3.05) is 19.7 Å². The van der Waals surface area contributed by atoms with Gasteiger partial charge in [-0.25, -0.2) is 0 Å². The fraction of sp³-hybridized carbons (Fsp3) is 0.700. The lowest BCUT2D eigenvalue weighted by Gasteiger charge is -2.32. The molecule has 1 N–H and O–H groups in total. The smallest absolute Gasteiger partial charge is 0.493 e. The molecular weight excluding hydrogens is 370 g/mol. The summed E-state index contributed by atoms with van der Waals surface area (Å²) in [7, 11) is -0.838. The summed E-state index contributed by atoms with van der Waals surface area (Å²) >= 11 is 0. The fourth-order valence-electron chi connectivity index (χ4n) is 3.53. The van der Waals surface area contributed by atoms with Crippen molar-refractivity contribution in [2.45, 2.75) is 64.3 Å². The van der Waals surface area contributed by atoms with E-state index in [2.05, 4.69) is 5.32 Å².